The van der Waals surface area contributed by atoms with Crippen LogP contribution in [0.25, 0.3) is 0 Å². The lowest BCUT2D eigenvalue weighted by molar-refractivity contribution is 0.0947. The molecule has 2 aliphatic rings. The van der Waals surface area contributed by atoms with Crippen LogP contribution in [0.3, 0.4) is 0 Å². The summed E-state index contributed by atoms with van der Waals surface area (Å²) < 4.78 is 0. The van der Waals surface area contributed by atoms with Crippen molar-refractivity contribution in [2.75, 3.05) is 0 Å². The molecule has 0 unspecified atom stereocenters. The first kappa shape index (κ1) is 6.12. The van der Waals surface area contributed by atoms with Crippen LogP contribution in [0, 0.1) is 0 Å². The Balaban J connectivity index is 2.27. The fourth-order valence-corrected chi connectivity index (χ4v) is 1.82. The van der Waals surface area contributed by atoms with E-state index in [0.29, 0.717) is 12.8 Å². The third kappa shape index (κ3) is 0.524. The topological polar surface area (TPSA) is 34.1 Å². The van der Waals surface area contributed by atoms with Gasteiger partial charge in [0.05, 0.1) is 0 Å². The molecule has 58 valence electrons. The van der Waals surface area contributed by atoms with E-state index >= 15 is 0 Å². The minimum Gasteiger partial charge on any atom is -0.294 e. The Morgan fingerprint density at radius 3 is 1.58 bits per heavy atom. The van der Waals surface area contributed by atoms with Crippen LogP contribution in [0.15, 0.2) is 12.1 Å². The van der Waals surface area contributed by atoms with E-state index in [1.54, 1.807) is 0 Å². The van der Waals surface area contributed by atoms with Crippen molar-refractivity contribution in [2.24, 2.45) is 0 Å². The summed E-state index contributed by atoms with van der Waals surface area (Å²) in [6.07, 6.45) is 1.05. The van der Waals surface area contributed by atoms with E-state index in [4.69, 9.17) is 0 Å². The van der Waals surface area contributed by atoms with Gasteiger partial charge in [0.2, 0.25) is 0 Å². The number of hydrogen-bond donors (Lipinski definition) is 0. The minimum absolute atomic E-state index is 0.215. The summed E-state index contributed by atoms with van der Waals surface area (Å²) in [4.78, 5) is 22.0. The number of Topliss-reactive ketones (excluding diaryl/α,β-unsaturated/α-hetero) is 2. The molecule has 2 nitrogen and oxygen atoms in total. The maximum absolute atomic E-state index is 11.0. The molecule has 0 radical (unpaired) electrons. The molecule has 0 saturated carbocycles. The molecule has 2 aliphatic carbocycles. The molecule has 0 spiro atoms. The fourth-order valence-electron chi connectivity index (χ4n) is 1.82. The Labute approximate surface area is 69.2 Å². The zero-order valence-corrected chi connectivity index (χ0v) is 6.39. The highest BCUT2D eigenvalue weighted by atomic mass is 16.1. The van der Waals surface area contributed by atoms with Crippen molar-refractivity contribution in [1.29, 1.82) is 0 Å². The van der Waals surface area contributed by atoms with Gasteiger partial charge >= 0.3 is 0 Å². The molecule has 0 heterocycles. The van der Waals surface area contributed by atoms with Gasteiger partial charge in [-0.1, -0.05) is 0 Å². The van der Waals surface area contributed by atoms with Crippen LogP contribution < -0.4 is 0 Å². The van der Waals surface area contributed by atoms with Gasteiger partial charge in [0.1, 0.15) is 0 Å². The smallest absolute Gasteiger partial charge is 0.167 e. The number of carbonyl (C=O) groups excluding carboxylic acids is 2. The summed E-state index contributed by atoms with van der Waals surface area (Å²) in [6.45, 7) is 0. The van der Waals surface area contributed by atoms with Gasteiger partial charge in [-0.05, 0) is 23.3 Å². The average Bonchev–Trinajstić information content (AvgIpc) is 2.04. The minimum atomic E-state index is 0.215. The predicted molar refractivity (Wildman–Crippen MR) is 42.5 cm³/mol. The number of benzene rings is 1. The lowest BCUT2D eigenvalue weighted by Gasteiger charge is -2.24. The molecule has 0 amide bonds. The van der Waals surface area contributed by atoms with Crippen molar-refractivity contribution in [3.05, 3.63) is 34.4 Å². The number of rotatable bonds is 0. The average molecular weight is 158 g/mol. The highest BCUT2D eigenvalue weighted by Crippen LogP contribution is 2.32. The fraction of sp³-hybridized carbons (Fsp3) is 0.200. The maximum atomic E-state index is 11.0. The van der Waals surface area contributed by atoms with Gasteiger partial charge in [0, 0.05) is 24.0 Å². The van der Waals surface area contributed by atoms with Gasteiger partial charge in [-0.25, -0.2) is 0 Å². The largest absolute Gasteiger partial charge is 0.294 e. The summed E-state index contributed by atoms with van der Waals surface area (Å²) in [5, 5.41) is 0. The summed E-state index contributed by atoms with van der Waals surface area (Å²) in [5.74, 6) is 0.430. The number of carbonyl (C=O) groups is 2. The molecule has 0 saturated heterocycles. The lowest BCUT2D eigenvalue weighted by Crippen LogP contribution is -2.26. The number of hydrogen-bond acceptors (Lipinski definition) is 2. The van der Waals surface area contributed by atoms with E-state index in [9.17, 15) is 9.59 Å². The first-order valence-corrected chi connectivity index (χ1v) is 3.98. The van der Waals surface area contributed by atoms with Crippen molar-refractivity contribution in [3.63, 3.8) is 0 Å². The number of ketones is 2. The molecule has 0 aromatic heterocycles. The molecular weight excluding hydrogens is 152 g/mol. The van der Waals surface area contributed by atoms with Crippen molar-refractivity contribution < 1.29 is 9.59 Å². The van der Waals surface area contributed by atoms with Crippen LogP contribution >= 0.6 is 0 Å². The van der Waals surface area contributed by atoms with Crippen molar-refractivity contribution in [2.45, 2.75) is 12.8 Å². The standard InChI is InChI=1S/C10H6O2/c11-9-4-6-2-8-5(1-7(6)9)3-10(8)12/h1-2H,3-4H2. The second-order valence-corrected chi connectivity index (χ2v) is 3.37. The normalized spacial score (nSPS) is 17.7. The molecule has 12 heavy (non-hydrogen) atoms. The van der Waals surface area contributed by atoms with Crippen molar-refractivity contribution in [3.8, 4) is 0 Å². The predicted octanol–water partition coefficient (Wildman–Crippen LogP) is 1.16. The highest BCUT2D eigenvalue weighted by molar-refractivity contribution is 6.12. The van der Waals surface area contributed by atoms with E-state index < -0.39 is 0 Å². The summed E-state index contributed by atoms with van der Waals surface area (Å²) in [7, 11) is 0. The Morgan fingerprint density at radius 2 is 1.25 bits per heavy atom. The molecular formula is C10H6O2. The van der Waals surface area contributed by atoms with E-state index in [-0.39, 0.29) is 11.6 Å². The second kappa shape index (κ2) is 1.66. The second-order valence-electron chi connectivity index (χ2n) is 3.37. The lowest BCUT2D eigenvalue weighted by atomic mass is 9.77. The van der Waals surface area contributed by atoms with Gasteiger partial charge in [0.25, 0.3) is 0 Å². The Bertz CT molecular complexity index is 388. The van der Waals surface area contributed by atoms with Crippen LogP contribution in [0.1, 0.15) is 31.8 Å². The number of fused-ring (bicyclic) bond motifs is 2. The third-order valence-electron chi connectivity index (χ3n) is 2.63. The molecule has 0 N–H and O–H groups in total. The summed E-state index contributed by atoms with van der Waals surface area (Å²) in [6, 6.07) is 3.75. The Hall–Kier alpha value is -1.44. The first-order chi connectivity index (χ1) is 5.75. The van der Waals surface area contributed by atoms with Crippen LogP contribution in [-0.4, -0.2) is 11.6 Å². The van der Waals surface area contributed by atoms with Gasteiger partial charge in [-0.15, -0.1) is 0 Å². The Morgan fingerprint density at radius 1 is 0.833 bits per heavy atom. The van der Waals surface area contributed by atoms with E-state index in [2.05, 4.69) is 0 Å². The molecule has 0 bridgehead atoms. The van der Waals surface area contributed by atoms with Crippen molar-refractivity contribution in [1.82, 2.24) is 0 Å². The maximum Gasteiger partial charge on any atom is 0.167 e. The molecule has 3 rings (SSSR count). The van der Waals surface area contributed by atoms with Gasteiger partial charge in [-0.3, -0.25) is 9.59 Å². The molecule has 1 aromatic rings. The van der Waals surface area contributed by atoms with Crippen LogP contribution in [0.5, 0.6) is 0 Å². The molecule has 0 atom stereocenters. The first-order valence-electron chi connectivity index (χ1n) is 3.98. The molecule has 0 aliphatic heterocycles. The van der Waals surface area contributed by atoms with Gasteiger partial charge in [-0.2, -0.15) is 0 Å². The van der Waals surface area contributed by atoms with E-state index in [0.717, 1.165) is 22.3 Å². The monoisotopic (exact) mass is 158 g/mol. The van der Waals surface area contributed by atoms with Gasteiger partial charge in [0.15, 0.2) is 11.6 Å². The zero-order valence-electron chi connectivity index (χ0n) is 6.39. The van der Waals surface area contributed by atoms with Crippen molar-refractivity contribution >= 4 is 11.6 Å². The zero-order chi connectivity index (χ0) is 8.29. The quantitative estimate of drug-likeness (QED) is 0.567. The molecule has 2 heteroatoms. The van der Waals surface area contributed by atoms with Crippen LogP contribution in [0.2, 0.25) is 0 Å². The van der Waals surface area contributed by atoms with Gasteiger partial charge < -0.3 is 0 Å². The van der Waals surface area contributed by atoms with Crippen LogP contribution in [-0.2, 0) is 12.8 Å². The van der Waals surface area contributed by atoms with E-state index in [1.165, 1.54) is 0 Å². The summed E-state index contributed by atoms with van der Waals surface area (Å²) >= 11 is 0. The molecule has 0 fully saturated rings. The Kier molecular flexibility index (Phi) is 0.845. The summed E-state index contributed by atoms with van der Waals surface area (Å²) in [5.41, 5.74) is 3.76. The molecule has 1 aromatic carbocycles. The SMILES string of the molecule is O=C1Cc2cc3c(cc21)CC3=O. The highest BCUT2D eigenvalue weighted by Gasteiger charge is 2.31. The van der Waals surface area contributed by atoms with E-state index in [1.807, 2.05) is 12.1 Å². The third-order valence-corrected chi connectivity index (χ3v) is 2.63. The van der Waals surface area contributed by atoms with Crippen LogP contribution in [0.4, 0.5) is 0 Å².